The zero-order valence-corrected chi connectivity index (χ0v) is 10.1. The zero-order valence-electron chi connectivity index (χ0n) is 10.1. The first-order chi connectivity index (χ1) is 7.79. The van der Waals surface area contributed by atoms with Crippen LogP contribution >= 0.6 is 0 Å². The maximum absolute atomic E-state index is 8.77. The lowest BCUT2D eigenvalue weighted by Crippen LogP contribution is -2.10. The summed E-state index contributed by atoms with van der Waals surface area (Å²) in [5, 5.41) is 8.77. The molecule has 1 aromatic heterocycles. The molecule has 1 N–H and O–H groups in total. The summed E-state index contributed by atoms with van der Waals surface area (Å²) in [6.07, 6.45) is 10.6. The van der Waals surface area contributed by atoms with Crippen LogP contribution in [0.3, 0.4) is 0 Å². The molecule has 0 unspecified atom stereocenters. The van der Waals surface area contributed by atoms with Gasteiger partial charge in [0.05, 0.1) is 0 Å². The van der Waals surface area contributed by atoms with E-state index in [-0.39, 0.29) is 6.61 Å². The molecule has 88 valence electrons. The van der Waals surface area contributed by atoms with Crippen LogP contribution in [0.4, 0.5) is 5.69 Å². The maximum atomic E-state index is 8.77. The number of rotatable bonds is 6. The Bertz CT molecular complexity index is 336. The number of aliphatic hydroxyl groups is 1. The van der Waals surface area contributed by atoms with Crippen molar-refractivity contribution in [3.05, 3.63) is 36.3 Å². The molecule has 0 aliphatic rings. The van der Waals surface area contributed by atoms with E-state index in [2.05, 4.69) is 9.88 Å². The van der Waals surface area contributed by atoms with E-state index in [1.54, 1.807) is 0 Å². The Morgan fingerprint density at radius 3 is 2.94 bits per heavy atom. The molecule has 0 amide bonds. The minimum atomic E-state index is 0.264. The Balaban J connectivity index is 2.74. The van der Waals surface area contributed by atoms with Gasteiger partial charge in [0, 0.05) is 31.7 Å². The highest BCUT2D eigenvalue weighted by Crippen LogP contribution is 2.20. The van der Waals surface area contributed by atoms with Gasteiger partial charge in [0.2, 0.25) is 0 Å². The van der Waals surface area contributed by atoms with Gasteiger partial charge in [-0.15, -0.1) is 0 Å². The molecule has 0 aromatic carbocycles. The summed E-state index contributed by atoms with van der Waals surface area (Å²) in [4.78, 5) is 6.25. The quantitative estimate of drug-likeness (QED) is 0.748. The van der Waals surface area contributed by atoms with Crippen molar-refractivity contribution in [2.24, 2.45) is 0 Å². The molecule has 0 saturated carbocycles. The van der Waals surface area contributed by atoms with Crippen LogP contribution in [0.15, 0.2) is 30.7 Å². The zero-order chi connectivity index (χ0) is 11.8. The summed E-state index contributed by atoms with van der Waals surface area (Å²) in [6.45, 7) is 2.27. The minimum absolute atomic E-state index is 0.264. The van der Waals surface area contributed by atoms with E-state index in [1.165, 1.54) is 11.3 Å². The molecule has 0 aliphatic heterocycles. The van der Waals surface area contributed by atoms with Crippen molar-refractivity contribution >= 4 is 5.69 Å². The van der Waals surface area contributed by atoms with E-state index in [9.17, 15) is 0 Å². The van der Waals surface area contributed by atoms with Crippen molar-refractivity contribution < 1.29 is 5.11 Å². The van der Waals surface area contributed by atoms with E-state index in [4.69, 9.17) is 5.11 Å². The molecule has 3 nitrogen and oxygen atoms in total. The number of anilines is 1. The number of aromatic nitrogens is 1. The van der Waals surface area contributed by atoms with Gasteiger partial charge in [-0.05, 0) is 44.0 Å². The lowest BCUT2D eigenvalue weighted by Gasteiger charge is -2.17. The smallest absolute Gasteiger partial charge is 0.0466 e. The third-order valence-corrected chi connectivity index (χ3v) is 2.48. The number of hydrogen-bond donors (Lipinski definition) is 1. The maximum Gasteiger partial charge on any atom is 0.0466 e. The van der Waals surface area contributed by atoms with Gasteiger partial charge in [0.15, 0.2) is 0 Å². The molecule has 0 fully saturated rings. The Labute approximate surface area is 97.4 Å². The fourth-order valence-electron chi connectivity index (χ4n) is 1.69. The van der Waals surface area contributed by atoms with E-state index in [1.807, 2.05) is 44.7 Å². The SMILES string of the molecule is CC=CN(C)c1ccncc1CCCCO. The normalized spacial score (nSPS) is 10.9. The number of nitrogens with zero attached hydrogens (tertiary/aromatic N) is 2. The number of aryl methyl sites for hydroxylation is 1. The second kappa shape index (κ2) is 7.01. The van der Waals surface area contributed by atoms with Crippen LogP contribution in [0.2, 0.25) is 0 Å². The first kappa shape index (κ1) is 12.7. The lowest BCUT2D eigenvalue weighted by atomic mass is 10.1. The van der Waals surface area contributed by atoms with E-state index < -0.39 is 0 Å². The monoisotopic (exact) mass is 220 g/mol. The molecule has 3 heteroatoms. The molecule has 16 heavy (non-hydrogen) atoms. The summed E-state index contributed by atoms with van der Waals surface area (Å²) in [7, 11) is 2.03. The summed E-state index contributed by atoms with van der Waals surface area (Å²) in [5.41, 5.74) is 2.42. The van der Waals surface area contributed by atoms with Crippen molar-refractivity contribution in [2.75, 3.05) is 18.6 Å². The topological polar surface area (TPSA) is 36.4 Å². The second-order valence-corrected chi connectivity index (χ2v) is 3.78. The first-order valence-corrected chi connectivity index (χ1v) is 5.69. The molecule has 1 rings (SSSR count). The van der Waals surface area contributed by atoms with Gasteiger partial charge in [-0.2, -0.15) is 0 Å². The molecule has 0 atom stereocenters. The summed E-state index contributed by atoms with van der Waals surface area (Å²) < 4.78 is 0. The third kappa shape index (κ3) is 3.66. The van der Waals surface area contributed by atoms with E-state index >= 15 is 0 Å². The lowest BCUT2D eigenvalue weighted by molar-refractivity contribution is 0.284. The standard InChI is InChI=1S/C13H20N2O/c1-3-9-15(2)13-7-8-14-11-12(13)6-4-5-10-16/h3,7-9,11,16H,4-6,10H2,1-2H3. The molecule has 1 heterocycles. The van der Waals surface area contributed by atoms with Crippen LogP contribution in [0, 0.1) is 0 Å². The molecule has 0 aliphatic carbocycles. The van der Waals surface area contributed by atoms with Gasteiger partial charge in [-0.3, -0.25) is 4.98 Å². The number of unbranched alkanes of at least 4 members (excludes halogenated alkanes) is 1. The van der Waals surface area contributed by atoms with Gasteiger partial charge >= 0.3 is 0 Å². The van der Waals surface area contributed by atoms with Gasteiger partial charge in [0.25, 0.3) is 0 Å². The molecule has 0 bridgehead atoms. The van der Waals surface area contributed by atoms with Crippen molar-refractivity contribution in [1.82, 2.24) is 4.98 Å². The molecule has 0 spiro atoms. The summed E-state index contributed by atoms with van der Waals surface area (Å²) >= 11 is 0. The Hall–Kier alpha value is -1.35. The van der Waals surface area contributed by atoms with Crippen LogP contribution in [-0.4, -0.2) is 23.7 Å². The van der Waals surface area contributed by atoms with Gasteiger partial charge in [-0.25, -0.2) is 0 Å². The molecule has 1 aromatic rings. The Kier molecular flexibility index (Phi) is 5.57. The largest absolute Gasteiger partial charge is 0.396 e. The fraction of sp³-hybridized carbons (Fsp3) is 0.462. The number of aliphatic hydroxyl groups excluding tert-OH is 1. The van der Waals surface area contributed by atoms with Gasteiger partial charge < -0.3 is 10.0 Å². The van der Waals surface area contributed by atoms with Crippen molar-refractivity contribution in [2.45, 2.75) is 26.2 Å². The van der Waals surface area contributed by atoms with Crippen LogP contribution in [0.5, 0.6) is 0 Å². The van der Waals surface area contributed by atoms with Crippen LogP contribution in [0.25, 0.3) is 0 Å². The molecular formula is C13H20N2O. The van der Waals surface area contributed by atoms with E-state index in [0.717, 1.165) is 19.3 Å². The average molecular weight is 220 g/mol. The highest BCUT2D eigenvalue weighted by molar-refractivity contribution is 5.53. The van der Waals surface area contributed by atoms with Crippen LogP contribution < -0.4 is 4.90 Å². The predicted octanol–water partition coefficient (Wildman–Crippen LogP) is 2.37. The fourth-order valence-corrected chi connectivity index (χ4v) is 1.69. The first-order valence-electron chi connectivity index (χ1n) is 5.69. The van der Waals surface area contributed by atoms with E-state index in [0.29, 0.717) is 0 Å². The van der Waals surface area contributed by atoms with Crippen molar-refractivity contribution in [1.29, 1.82) is 0 Å². The van der Waals surface area contributed by atoms with Gasteiger partial charge in [0.1, 0.15) is 0 Å². The average Bonchev–Trinajstić information content (AvgIpc) is 2.30. The van der Waals surface area contributed by atoms with Gasteiger partial charge in [-0.1, -0.05) is 6.08 Å². The molecular weight excluding hydrogens is 200 g/mol. The highest BCUT2D eigenvalue weighted by atomic mass is 16.2. The van der Waals surface area contributed by atoms with Crippen molar-refractivity contribution in [3.8, 4) is 0 Å². The van der Waals surface area contributed by atoms with Crippen molar-refractivity contribution in [3.63, 3.8) is 0 Å². The Morgan fingerprint density at radius 1 is 1.44 bits per heavy atom. The Morgan fingerprint density at radius 2 is 2.25 bits per heavy atom. The number of hydrogen-bond acceptors (Lipinski definition) is 3. The molecule has 0 saturated heterocycles. The summed E-state index contributed by atoms with van der Waals surface area (Å²) in [6, 6.07) is 2.02. The number of pyridine rings is 1. The second-order valence-electron chi connectivity index (χ2n) is 3.78. The number of allylic oxidation sites excluding steroid dienone is 1. The van der Waals surface area contributed by atoms with Crippen LogP contribution in [-0.2, 0) is 6.42 Å². The summed E-state index contributed by atoms with van der Waals surface area (Å²) in [5.74, 6) is 0. The van der Waals surface area contributed by atoms with Crippen LogP contribution in [0.1, 0.15) is 25.3 Å². The third-order valence-electron chi connectivity index (χ3n) is 2.48. The highest BCUT2D eigenvalue weighted by Gasteiger charge is 2.04. The minimum Gasteiger partial charge on any atom is -0.396 e. The predicted molar refractivity (Wildman–Crippen MR) is 67.5 cm³/mol. The molecule has 0 radical (unpaired) electrons.